The third kappa shape index (κ3) is 4.62. The number of hydroxylamine groups is 1. The van der Waals surface area contributed by atoms with Crippen LogP contribution in [-0.4, -0.2) is 51.1 Å². The number of hydrogen-bond acceptors (Lipinski definition) is 6. The van der Waals surface area contributed by atoms with Crippen LogP contribution in [0.25, 0.3) is 6.08 Å². The quantitative estimate of drug-likeness (QED) is 0.367. The fraction of sp³-hybridized carbons (Fsp3) is 0.294. The van der Waals surface area contributed by atoms with Gasteiger partial charge in [0.05, 0.1) is 6.33 Å². The maximum Gasteiger partial charge on any atom is 0.267 e. The molecule has 25 heavy (non-hydrogen) atoms. The van der Waals surface area contributed by atoms with Crippen molar-refractivity contribution in [2.24, 2.45) is 7.05 Å². The Morgan fingerprint density at radius 2 is 2.04 bits per heavy atom. The van der Waals surface area contributed by atoms with Crippen LogP contribution < -0.4 is 10.4 Å². The Morgan fingerprint density at radius 1 is 1.28 bits per heavy atom. The predicted molar refractivity (Wildman–Crippen MR) is 98.3 cm³/mol. The minimum atomic E-state index is -0.536. The number of nitrogens with zero attached hydrogens (tertiary/aromatic N) is 4. The number of imidazole rings is 1. The van der Waals surface area contributed by atoms with E-state index in [2.05, 4.69) is 20.3 Å². The van der Waals surface area contributed by atoms with Gasteiger partial charge in [0, 0.05) is 51.2 Å². The first-order valence-electron chi connectivity index (χ1n) is 8.03. The van der Waals surface area contributed by atoms with Crippen molar-refractivity contribution in [1.29, 1.82) is 0 Å². The molecule has 1 fully saturated rings. The van der Waals surface area contributed by atoms with Crippen LogP contribution >= 0.6 is 11.9 Å². The summed E-state index contributed by atoms with van der Waals surface area (Å²) in [5.41, 5.74) is 3.65. The van der Waals surface area contributed by atoms with Gasteiger partial charge in [-0.3, -0.25) is 10.0 Å². The van der Waals surface area contributed by atoms with Crippen LogP contribution in [0, 0.1) is 0 Å². The van der Waals surface area contributed by atoms with E-state index in [1.807, 2.05) is 42.3 Å². The lowest BCUT2D eigenvalue weighted by molar-refractivity contribution is -0.124. The highest BCUT2D eigenvalue weighted by Gasteiger charge is 2.20. The molecule has 1 aromatic heterocycles. The minimum Gasteiger partial charge on any atom is -0.368 e. The molecule has 2 heterocycles. The zero-order chi connectivity index (χ0) is 17.6. The van der Waals surface area contributed by atoms with Gasteiger partial charge in [-0.1, -0.05) is 18.2 Å². The molecule has 1 saturated heterocycles. The normalized spacial score (nSPS) is 15.7. The summed E-state index contributed by atoms with van der Waals surface area (Å²) in [6.07, 6.45) is 6.87. The Bertz CT molecular complexity index is 753. The molecule has 8 heteroatoms. The van der Waals surface area contributed by atoms with Crippen LogP contribution in [0.1, 0.15) is 5.56 Å². The maximum atomic E-state index is 11.2. The van der Waals surface area contributed by atoms with E-state index < -0.39 is 5.91 Å². The number of anilines is 1. The molecule has 3 rings (SSSR count). The third-order valence-electron chi connectivity index (χ3n) is 3.94. The van der Waals surface area contributed by atoms with E-state index in [0.29, 0.717) is 0 Å². The molecule has 0 aliphatic carbocycles. The second-order valence-electron chi connectivity index (χ2n) is 5.75. The summed E-state index contributed by atoms with van der Waals surface area (Å²) in [5.74, 6) is -0.536. The number of benzene rings is 1. The number of piperazine rings is 1. The Morgan fingerprint density at radius 3 is 2.72 bits per heavy atom. The number of hydrogen-bond donors (Lipinski definition) is 2. The largest absolute Gasteiger partial charge is 0.368 e. The average molecular weight is 359 g/mol. The Labute approximate surface area is 151 Å². The number of carbonyl (C=O) groups excluding carboxylic acids is 1. The van der Waals surface area contributed by atoms with Gasteiger partial charge in [-0.25, -0.2) is 14.8 Å². The van der Waals surface area contributed by atoms with E-state index in [1.54, 1.807) is 23.5 Å². The summed E-state index contributed by atoms with van der Waals surface area (Å²) in [6, 6.07) is 7.95. The van der Waals surface area contributed by atoms with Gasteiger partial charge < -0.3 is 9.47 Å². The van der Waals surface area contributed by atoms with E-state index in [9.17, 15) is 4.79 Å². The standard InChI is InChI=1S/C17H21N5O2S/c1-20-12-17(18-13-20)25-22-10-8-21(9-11-22)15-5-3-2-4-14(15)6-7-16(23)19-24/h2-7,12-13,24H,8-11H2,1H3,(H,19,23)/b7-6+. The van der Waals surface area contributed by atoms with Crippen molar-refractivity contribution in [2.45, 2.75) is 5.03 Å². The lowest BCUT2D eigenvalue weighted by Gasteiger charge is -2.35. The van der Waals surface area contributed by atoms with Crippen LogP contribution in [0.4, 0.5) is 5.69 Å². The molecule has 1 aromatic carbocycles. The molecular weight excluding hydrogens is 338 g/mol. The number of nitrogens with one attached hydrogen (secondary N) is 1. The van der Waals surface area contributed by atoms with Crippen LogP contribution in [0.15, 0.2) is 47.9 Å². The minimum absolute atomic E-state index is 0.536. The van der Waals surface area contributed by atoms with Crippen molar-refractivity contribution in [3.05, 3.63) is 48.4 Å². The molecule has 1 amide bonds. The molecule has 7 nitrogen and oxygen atoms in total. The first-order chi connectivity index (χ1) is 12.2. The van der Waals surface area contributed by atoms with Gasteiger partial charge in [0.15, 0.2) is 0 Å². The fourth-order valence-electron chi connectivity index (χ4n) is 2.71. The van der Waals surface area contributed by atoms with Crippen molar-refractivity contribution in [3.8, 4) is 0 Å². The molecule has 0 atom stereocenters. The van der Waals surface area contributed by atoms with Gasteiger partial charge in [0.25, 0.3) is 5.91 Å². The van der Waals surface area contributed by atoms with Crippen LogP contribution in [-0.2, 0) is 11.8 Å². The van der Waals surface area contributed by atoms with Gasteiger partial charge in [-0.15, -0.1) is 0 Å². The second kappa shape index (κ2) is 8.19. The van der Waals surface area contributed by atoms with Crippen LogP contribution in [0.2, 0.25) is 0 Å². The zero-order valence-corrected chi connectivity index (χ0v) is 14.8. The number of rotatable bonds is 5. The smallest absolute Gasteiger partial charge is 0.267 e. The molecule has 0 bridgehead atoms. The van der Waals surface area contributed by atoms with Crippen molar-refractivity contribution in [1.82, 2.24) is 19.3 Å². The molecule has 1 aliphatic rings. The Hall–Kier alpha value is -2.29. The molecule has 132 valence electrons. The number of carbonyl (C=O) groups is 1. The van der Waals surface area contributed by atoms with Gasteiger partial charge in [-0.05, 0) is 29.7 Å². The van der Waals surface area contributed by atoms with Crippen molar-refractivity contribution in [2.75, 3.05) is 31.1 Å². The number of aromatic nitrogens is 2. The Balaban J connectivity index is 1.63. The lowest BCUT2D eigenvalue weighted by Crippen LogP contribution is -2.43. The van der Waals surface area contributed by atoms with E-state index in [1.165, 1.54) is 6.08 Å². The van der Waals surface area contributed by atoms with Crippen LogP contribution in [0.5, 0.6) is 0 Å². The lowest BCUT2D eigenvalue weighted by atomic mass is 10.1. The Kier molecular flexibility index (Phi) is 5.75. The van der Waals surface area contributed by atoms with Crippen LogP contribution in [0.3, 0.4) is 0 Å². The summed E-state index contributed by atoms with van der Waals surface area (Å²) in [6.45, 7) is 3.65. The van der Waals surface area contributed by atoms with Crippen molar-refractivity contribution < 1.29 is 10.0 Å². The number of aryl methyl sites for hydroxylation is 1. The average Bonchev–Trinajstić information content (AvgIpc) is 3.05. The molecular formula is C17H21N5O2S. The number of amides is 1. The molecule has 0 radical (unpaired) electrons. The van der Waals surface area contributed by atoms with E-state index in [4.69, 9.17) is 5.21 Å². The first-order valence-corrected chi connectivity index (χ1v) is 8.80. The summed E-state index contributed by atoms with van der Waals surface area (Å²) >= 11 is 1.68. The van der Waals surface area contributed by atoms with Crippen molar-refractivity contribution >= 4 is 29.6 Å². The topological polar surface area (TPSA) is 73.6 Å². The third-order valence-corrected chi connectivity index (χ3v) is 4.97. The van der Waals surface area contributed by atoms with Gasteiger partial charge in [0.2, 0.25) is 0 Å². The molecule has 2 aromatic rings. The summed E-state index contributed by atoms with van der Waals surface area (Å²) < 4.78 is 4.26. The van der Waals surface area contributed by atoms with Gasteiger partial charge in [-0.2, -0.15) is 0 Å². The first kappa shape index (κ1) is 17.5. The highest BCUT2D eigenvalue weighted by molar-refractivity contribution is 7.97. The fourth-order valence-corrected chi connectivity index (χ4v) is 3.63. The summed E-state index contributed by atoms with van der Waals surface area (Å²) in [4.78, 5) is 17.9. The van der Waals surface area contributed by atoms with E-state index in [-0.39, 0.29) is 0 Å². The predicted octanol–water partition coefficient (Wildman–Crippen LogP) is 1.77. The monoisotopic (exact) mass is 359 g/mol. The SMILES string of the molecule is Cn1cnc(SN2CCN(c3ccccc3/C=C/C(=O)NO)CC2)c1. The summed E-state index contributed by atoms with van der Waals surface area (Å²) in [5, 5.41) is 9.62. The van der Waals surface area contributed by atoms with E-state index in [0.717, 1.165) is 42.5 Å². The molecule has 1 aliphatic heterocycles. The molecule has 0 spiro atoms. The maximum absolute atomic E-state index is 11.2. The van der Waals surface area contributed by atoms with Gasteiger partial charge >= 0.3 is 0 Å². The van der Waals surface area contributed by atoms with Crippen molar-refractivity contribution in [3.63, 3.8) is 0 Å². The number of para-hydroxylation sites is 1. The highest BCUT2D eigenvalue weighted by atomic mass is 32.2. The highest BCUT2D eigenvalue weighted by Crippen LogP contribution is 2.26. The van der Waals surface area contributed by atoms with Gasteiger partial charge in [0.1, 0.15) is 5.03 Å². The summed E-state index contributed by atoms with van der Waals surface area (Å²) in [7, 11) is 1.97. The molecule has 2 N–H and O–H groups in total. The molecule has 0 unspecified atom stereocenters. The zero-order valence-electron chi connectivity index (χ0n) is 14.0. The second-order valence-corrected chi connectivity index (χ2v) is 6.87. The molecule has 0 saturated carbocycles. The van der Waals surface area contributed by atoms with E-state index >= 15 is 0 Å².